The molecule has 2 nitrogen and oxygen atoms in total. The zero-order valence-corrected chi connectivity index (χ0v) is 11.2. The van der Waals surface area contributed by atoms with Crippen LogP contribution in [0, 0.1) is 11.6 Å². The molecule has 0 radical (unpaired) electrons. The molecule has 3 rings (SSSR count). The van der Waals surface area contributed by atoms with E-state index in [9.17, 15) is 8.78 Å². The third-order valence-electron chi connectivity index (χ3n) is 4.04. The highest BCUT2D eigenvalue weighted by atomic mass is 35.5. The number of benzene rings is 1. The SMILES string of the molecule is Fc1cc(C2CCC3(CC2)OCCO3)cc(F)c1Cl. The Kier molecular flexibility index (Phi) is 3.50. The summed E-state index contributed by atoms with van der Waals surface area (Å²) < 4.78 is 38.2. The van der Waals surface area contributed by atoms with Crippen LogP contribution in [0.1, 0.15) is 37.2 Å². The molecular weight excluding hydrogens is 274 g/mol. The van der Waals surface area contributed by atoms with E-state index in [0.29, 0.717) is 18.8 Å². The fraction of sp³-hybridized carbons (Fsp3) is 0.571. The second-order valence-electron chi connectivity index (χ2n) is 5.18. The molecule has 0 amide bonds. The zero-order chi connectivity index (χ0) is 13.5. The van der Waals surface area contributed by atoms with Gasteiger partial charge in [0, 0.05) is 12.8 Å². The van der Waals surface area contributed by atoms with Crippen LogP contribution in [-0.4, -0.2) is 19.0 Å². The molecule has 1 aliphatic heterocycles. The fourth-order valence-electron chi connectivity index (χ4n) is 2.99. The van der Waals surface area contributed by atoms with Crippen LogP contribution in [0.4, 0.5) is 8.78 Å². The smallest absolute Gasteiger partial charge is 0.168 e. The third kappa shape index (κ3) is 2.49. The Hall–Kier alpha value is -0.710. The average Bonchev–Trinajstić information content (AvgIpc) is 2.85. The highest BCUT2D eigenvalue weighted by molar-refractivity contribution is 6.30. The topological polar surface area (TPSA) is 18.5 Å². The maximum atomic E-state index is 13.5. The Morgan fingerprint density at radius 2 is 1.58 bits per heavy atom. The van der Waals surface area contributed by atoms with E-state index in [-0.39, 0.29) is 5.92 Å². The van der Waals surface area contributed by atoms with Gasteiger partial charge < -0.3 is 9.47 Å². The molecule has 1 saturated carbocycles. The number of ether oxygens (including phenoxy) is 2. The van der Waals surface area contributed by atoms with Crippen molar-refractivity contribution in [1.82, 2.24) is 0 Å². The molecule has 5 heteroatoms. The van der Waals surface area contributed by atoms with Gasteiger partial charge in [0.25, 0.3) is 0 Å². The molecule has 0 atom stereocenters. The van der Waals surface area contributed by atoms with Gasteiger partial charge in [-0.1, -0.05) is 11.6 Å². The van der Waals surface area contributed by atoms with E-state index in [0.717, 1.165) is 25.7 Å². The van der Waals surface area contributed by atoms with Crippen molar-refractivity contribution in [2.75, 3.05) is 13.2 Å². The average molecular weight is 289 g/mol. The minimum Gasteiger partial charge on any atom is -0.348 e. The summed E-state index contributed by atoms with van der Waals surface area (Å²) in [6, 6.07) is 2.68. The van der Waals surface area contributed by atoms with Crippen LogP contribution in [0.5, 0.6) is 0 Å². The first-order valence-corrected chi connectivity index (χ1v) is 6.90. The Bertz CT molecular complexity index is 453. The molecule has 1 spiro atoms. The summed E-state index contributed by atoms with van der Waals surface area (Å²) in [6.45, 7) is 1.27. The fourth-order valence-corrected chi connectivity index (χ4v) is 3.10. The molecule has 1 aromatic carbocycles. The maximum Gasteiger partial charge on any atom is 0.168 e. The summed E-state index contributed by atoms with van der Waals surface area (Å²) in [6.07, 6.45) is 3.15. The Morgan fingerprint density at radius 3 is 2.11 bits per heavy atom. The van der Waals surface area contributed by atoms with Crippen molar-refractivity contribution in [3.8, 4) is 0 Å². The standard InChI is InChI=1S/C14H15ClF2O2/c15-13-11(16)7-10(8-12(13)17)9-1-3-14(4-2-9)18-5-6-19-14/h7-9H,1-6H2. The van der Waals surface area contributed by atoms with Gasteiger partial charge in [-0.25, -0.2) is 8.78 Å². The lowest BCUT2D eigenvalue weighted by molar-refractivity contribution is -0.178. The van der Waals surface area contributed by atoms with E-state index >= 15 is 0 Å². The van der Waals surface area contributed by atoms with Gasteiger partial charge in [-0.2, -0.15) is 0 Å². The van der Waals surface area contributed by atoms with Gasteiger partial charge in [-0.3, -0.25) is 0 Å². The molecule has 1 aromatic rings. The van der Waals surface area contributed by atoms with E-state index in [1.54, 1.807) is 0 Å². The van der Waals surface area contributed by atoms with Crippen molar-refractivity contribution < 1.29 is 18.3 Å². The third-order valence-corrected chi connectivity index (χ3v) is 4.40. The van der Waals surface area contributed by atoms with Crippen LogP contribution in [0.15, 0.2) is 12.1 Å². The first-order chi connectivity index (χ1) is 9.10. The summed E-state index contributed by atoms with van der Waals surface area (Å²) in [4.78, 5) is 0. The van der Waals surface area contributed by atoms with Crippen LogP contribution in [0.3, 0.4) is 0 Å². The van der Waals surface area contributed by atoms with E-state index in [2.05, 4.69) is 0 Å². The monoisotopic (exact) mass is 288 g/mol. The molecule has 0 bridgehead atoms. The molecule has 1 heterocycles. The minimum absolute atomic E-state index is 0.139. The van der Waals surface area contributed by atoms with Gasteiger partial charge in [-0.05, 0) is 36.5 Å². The van der Waals surface area contributed by atoms with Crippen molar-refractivity contribution in [1.29, 1.82) is 0 Å². The van der Waals surface area contributed by atoms with Crippen molar-refractivity contribution in [2.45, 2.75) is 37.4 Å². The van der Waals surface area contributed by atoms with Gasteiger partial charge >= 0.3 is 0 Å². The molecule has 19 heavy (non-hydrogen) atoms. The number of rotatable bonds is 1. The van der Waals surface area contributed by atoms with E-state index in [4.69, 9.17) is 21.1 Å². The second-order valence-corrected chi connectivity index (χ2v) is 5.56. The van der Waals surface area contributed by atoms with E-state index < -0.39 is 22.4 Å². The molecule has 2 fully saturated rings. The summed E-state index contributed by atoms with van der Waals surface area (Å²) >= 11 is 5.50. The zero-order valence-electron chi connectivity index (χ0n) is 10.4. The van der Waals surface area contributed by atoms with Crippen molar-refractivity contribution >= 4 is 11.6 Å². The Labute approximate surface area is 115 Å². The maximum absolute atomic E-state index is 13.5. The van der Waals surface area contributed by atoms with Gasteiger partial charge in [0.05, 0.1) is 13.2 Å². The number of hydrogen-bond acceptors (Lipinski definition) is 2. The summed E-state index contributed by atoms with van der Waals surface area (Å²) in [7, 11) is 0. The largest absolute Gasteiger partial charge is 0.348 e. The quantitative estimate of drug-likeness (QED) is 0.727. The predicted octanol–water partition coefficient (Wildman–Crippen LogP) is 4.02. The lowest BCUT2D eigenvalue weighted by Gasteiger charge is -2.35. The van der Waals surface area contributed by atoms with Gasteiger partial charge in [-0.15, -0.1) is 0 Å². The number of hydrogen-bond donors (Lipinski definition) is 0. The first-order valence-electron chi connectivity index (χ1n) is 6.52. The molecule has 2 aliphatic rings. The van der Waals surface area contributed by atoms with Crippen LogP contribution >= 0.6 is 11.6 Å². The highest BCUT2D eigenvalue weighted by Crippen LogP contribution is 2.42. The molecule has 0 unspecified atom stereocenters. The van der Waals surface area contributed by atoms with Crippen LogP contribution < -0.4 is 0 Å². The highest BCUT2D eigenvalue weighted by Gasteiger charge is 2.40. The van der Waals surface area contributed by atoms with Crippen LogP contribution in [0.25, 0.3) is 0 Å². The Balaban J connectivity index is 1.74. The van der Waals surface area contributed by atoms with Crippen LogP contribution in [0.2, 0.25) is 5.02 Å². The van der Waals surface area contributed by atoms with Crippen molar-refractivity contribution in [2.24, 2.45) is 0 Å². The summed E-state index contributed by atoms with van der Waals surface area (Å²) in [5.74, 6) is -1.68. The molecule has 0 N–H and O–H groups in total. The molecular formula is C14H15ClF2O2. The molecule has 104 valence electrons. The van der Waals surface area contributed by atoms with E-state index in [1.165, 1.54) is 12.1 Å². The van der Waals surface area contributed by atoms with Gasteiger partial charge in [0.1, 0.15) is 16.7 Å². The Morgan fingerprint density at radius 1 is 1.05 bits per heavy atom. The normalized spacial score (nSPS) is 23.1. The van der Waals surface area contributed by atoms with Gasteiger partial charge in [0.2, 0.25) is 0 Å². The van der Waals surface area contributed by atoms with Crippen molar-refractivity contribution in [3.05, 3.63) is 34.4 Å². The lowest BCUT2D eigenvalue weighted by Crippen LogP contribution is -2.34. The molecule has 1 aliphatic carbocycles. The first kappa shape index (κ1) is 13.3. The van der Waals surface area contributed by atoms with Crippen molar-refractivity contribution in [3.63, 3.8) is 0 Å². The van der Waals surface area contributed by atoms with E-state index in [1.807, 2.05) is 0 Å². The predicted molar refractivity (Wildman–Crippen MR) is 67.2 cm³/mol. The minimum atomic E-state index is -0.690. The molecule has 0 aromatic heterocycles. The van der Waals surface area contributed by atoms with Gasteiger partial charge in [0.15, 0.2) is 5.79 Å². The molecule has 1 saturated heterocycles. The summed E-state index contributed by atoms with van der Waals surface area (Å²) in [5, 5.41) is -0.432. The van der Waals surface area contributed by atoms with Crippen LogP contribution in [-0.2, 0) is 9.47 Å². The lowest BCUT2D eigenvalue weighted by atomic mass is 9.81. The second kappa shape index (κ2) is 5.00. The summed E-state index contributed by atoms with van der Waals surface area (Å²) in [5.41, 5.74) is 0.673. The number of halogens is 3.